The highest BCUT2D eigenvalue weighted by Gasteiger charge is 2.05. The van der Waals surface area contributed by atoms with Gasteiger partial charge in [-0.15, -0.1) is 0 Å². The maximum atomic E-state index is 4.66. The highest BCUT2D eigenvalue weighted by atomic mass is 79.9. The lowest BCUT2D eigenvalue weighted by Crippen LogP contribution is -2.04. The quantitative estimate of drug-likeness (QED) is 0.507. The molecule has 0 N–H and O–H groups in total. The topological polar surface area (TPSA) is 12.4 Å². The van der Waals surface area contributed by atoms with E-state index in [4.69, 9.17) is 0 Å². The number of aliphatic imine (C=N–C) groups is 1. The zero-order valence-corrected chi connectivity index (χ0v) is 13.7. The van der Waals surface area contributed by atoms with Crippen LogP contribution in [0.2, 0.25) is 0 Å². The van der Waals surface area contributed by atoms with Crippen molar-refractivity contribution >= 4 is 22.1 Å². The van der Waals surface area contributed by atoms with Crippen LogP contribution in [0.1, 0.15) is 66.7 Å². The van der Waals surface area contributed by atoms with Crippen LogP contribution in [-0.4, -0.2) is 12.3 Å². The molecular weight excluding hydrogens is 274 g/mol. The van der Waals surface area contributed by atoms with Crippen LogP contribution in [0.4, 0.5) is 0 Å². The number of halogens is 1. The standard InChI is InChI=1S/C15H28BrN/c1-6-13(5)9-8-10-14(7-2)17-11-15(16)12(3)4/h11,13-14H,6-10H2,1-5H3/b17-11-. The average molecular weight is 302 g/mol. The van der Waals surface area contributed by atoms with Gasteiger partial charge in [-0.05, 0) is 48.5 Å². The second-order valence-corrected chi connectivity index (χ2v) is 5.99. The van der Waals surface area contributed by atoms with Gasteiger partial charge in [-0.3, -0.25) is 4.99 Å². The number of nitrogens with zero attached hydrogens (tertiary/aromatic N) is 1. The van der Waals surface area contributed by atoms with Gasteiger partial charge in [-0.25, -0.2) is 0 Å². The summed E-state index contributed by atoms with van der Waals surface area (Å²) in [5.74, 6) is 0.862. The van der Waals surface area contributed by atoms with Crippen molar-refractivity contribution < 1.29 is 0 Å². The Morgan fingerprint density at radius 2 is 1.82 bits per heavy atom. The van der Waals surface area contributed by atoms with E-state index in [1.807, 2.05) is 6.21 Å². The molecule has 2 unspecified atom stereocenters. The summed E-state index contributed by atoms with van der Waals surface area (Å²) < 4.78 is 1.12. The van der Waals surface area contributed by atoms with Crippen LogP contribution >= 0.6 is 15.9 Å². The van der Waals surface area contributed by atoms with E-state index < -0.39 is 0 Å². The first-order valence-corrected chi connectivity index (χ1v) is 7.66. The molecule has 0 aromatic carbocycles. The zero-order chi connectivity index (χ0) is 13.3. The van der Waals surface area contributed by atoms with E-state index in [2.05, 4.69) is 55.5 Å². The Kier molecular flexibility index (Phi) is 9.81. The maximum absolute atomic E-state index is 4.66. The fourth-order valence-electron chi connectivity index (χ4n) is 1.59. The molecule has 0 aliphatic rings. The van der Waals surface area contributed by atoms with Crippen molar-refractivity contribution in [2.24, 2.45) is 10.9 Å². The molecule has 0 radical (unpaired) electrons. The Hall–Kier alpha value is -0.110. The Bertz CT molecular complexity index is 252. The predicted octanol–water partition coefficient (Wildman–Crippen LogP) is 5.74. The third-order valence-corrected chi connectivity index (χ3v) is 4.28. The van der Waals surface area contributed by atoms with Crippen LogP contribution in [0.15, 0.2) is 15.0 Å². The molecule has 100 valence electrons. The van der Waals surface area contributed by atoms with Gasteiger partial charge in [0.25, 0.3) is 0 Å². The molecule has 0 aliphatic heterocycles. The summed E-state index contributed by atoms with van der Waals surface area (Å²) >= 11 is 3.53. The molecule has 0 fully saturated rings. The molecule has 0 amide bonds. The van der Waals surface area contributed by atoms with Gasteiger partial charge in [-0.2, -0.15) is 0 Å². The van der Waals surface area contributed by atoms with Gasteiger partial charge < -0.3 is 0 Å². The molecule has 0 aliphatic carbocycles. The van der Waals surface area contributed by atoms with Crippen LogP contribution in [0.25, 0.3) is 0 Å². The summed E-state index contributed by atoms with van der Waals surface area (Å²) in [5.41, 5.74) is 1.28. The summed E-state index contributed by atoms with van der Waals surface area (Å²) in [6.07, 6.45) is 8.28. The van der Waals surface area contributed by atoms with Gasteiger partial charge >= 0.3 is 0 Å². The van der Waals surface area contributed by atoms with Crippen LogP contribution in [0.3, 0.4) is 0 Å². The first kappa shape index (κ1) is 16.9. The van der Waals surface area contributed by atoms with E-state index in [9.17, 15) is 0 Å². The molecule has 0 bridgehead atoms. The number of rotatable bonds is 8. The van der Waals surface area contributed by atoms with E-state index in [-0.39, 0.29) is 0 Å². The maximum Gasteiger partial charge on any atom is 0.0497 e. The molecule has 0 saturated carbocycles. The molecule has 1 nitrogen and oxygen atoms in total. The molecule has 17 heavy (non-hydrogen) atoms. The van der Waals surface area contributed by atoms with Crippen molar-refractivity contribution in [1.29, 1.82) is 0 Å². The van der Waals surface area contributed by atoms with E-state index in [0.717, 1.165) is 16.8 Å². The van der Waals surface area contributed by atoms with Crippen LogP contribution in [0.5, 0.6) is 0 Å². The largest absolute Gasteiger partial charge is 0.289 e. The summed E-state index contributed by atoms with van der Waals surface area (Å²) in [7, 11) is 0. The molecule has 0 aromatic rings. The Labute approximate surface area is 116 Å². The molecular formula is C15H28BrN. The molecule has 2 atom stereocenters. The Morgan fingerprint density at radius 3 is 2.29 bits per heavy atom. The Morgan fingerprint density at radius 1 is 1.18 bits per heavy atom. The summed E-state index contributed by atoms with van der Waals surface area (Å²) in [6, 6.07) is 0.492. The smallest absolute Gasteiger partial charge is 0.0497 e. The highest BCUT2D eigenvalue weighted by Crippen LogP contribution is 2.16. The minimum absolute atomic E-state index is 0.492. The SMILES string of the molecule is CCC(C)CCCC(CC)/N=C\C(Br)=C(C)C. The fourth-order valence-corrected chi connectivity index (χ4v) is 1.71. The molecule has 0 rings (SSSR count). The summed E-state index contributed by atoms with van der Waals surface area (Å²) in [5, 5.41) is 0. The van der Waals surface area contributed by atoms with E-state index in [0.29, 0.717) is 6.04 Å². The van der Waals surface area contributed by atoms with E-state index in [1.165, 1.54) is 31.3 Å². The molecule has 0 aromatic heterocycles. The second-order valence-electron chi connectivity index (χ2n) is 5.13. The van der Waals surface area contributed by atoms with Gasteiger partial charge in [0.05, 0.1) is 0 Å². The van der Waals surface area contributed by atoms with Gasteiger partial charge in [-0.1, -0.05) is 45.6 Å². The van der Waals surface area contributed by atoms with Crippen molar-refractivity contribution in [3.63, 3.8) is 0 Å². The van der Waals surface area contributed by atoms with Crippen molar-refractivity contribution in [3.05, 3.63) is 10.1 Å². The zero-order valence-electron chi connectivity index (χ0n) is 12.1. The normalized spacial score (nSPS) is 14.9. The molecule has 0 spiro atoms. The fraction of sp³-hybridized carbons (Fsp3) is 0.800. The summed E-state index contributed by atoms with van der Waals surface area (Å²) in [4.78, 5) is 4.66. The lowest BCUT2D eigenvalue weighted by atomic mass is 9.99. The first-order chi connectivity index (χ1) is 8.01. The van der Waals surface area contributed by atoms with Crippen molar-refractivity contribution in [3.8, 4) is 0 Å². The number of hydrogen-bond acceptors (Lipinski definition) is 1. The first-order valence-electron chi connectivity index (χ1n) is 6.87. The predicted molar refractivity (Wildman–Crippen MR) is 83.2 cm³/mol. The Balaban J connectivity index is 4.05. The van der Waals surface area contributed by atoms with Crippen LogP contribution < -0.4 is 0 Å². The highest BCUT2D eigenvalue weighted by molar-refractivity contribution is 9.12. The van der Waals surface area contributed by atoms with E-state index >= 15 is 0 Å². The molecule has 0 saturated heterocycles. The minimum Gasteiger partial charge on any atom is -0.289 e. The van der Waals surface area contributed by atoms with Crippen molar-refractivity contribution in [1.82, 2.24) is 0 Å². The second kappa shape index (κ2) is 9.87. The average Bonchev–Trinajstić information content (AvgIpc) is 2.32. The minimum atomic E-state index is 0.492. The molecule has 2 heteroatoms. The van der Waals surface area contributed by atoms with Crippen molar-refractivity contribution in [2.75, 3.05) is 0 Å². The monoisotopic (exact) mass is 301 g/mol. The number of allylic oxidation sites excluding steroid dienone is 2. The molecule has 0 heterocycles. The van der Waals surface area contributed by atoms with Gasteiger partial charge in [0.2, 0.25) is 0 Å². The third kappa shape index (κ3) is 8.59. The summed E-state index contributed by atoms with van der Waals surface area (Å²) in [6.45, 7) is 11.0. The lowest BCUT2D eigenvalue weighted by molar-refractivity contribution is 0.458. The number of hydrogen-bond donors (Lipinski definition) is 0. The third-order valence-electron chi connectivity index (χ3n) is 3.28. The van der Waals surface area contributed by atoms with Gasteiger partial charge in [0.15, 0.2) is 0 Å². The van der Waals surface area contributed by atoms with Crippen LogP contribution in [0, 0.1) is 5.92 Å². The van der Waals surface area contributed by atoms with Crippen LogP contribution in [-0.2, 0) is 0 Å². The van der Waals surface area contributed by atoms with E-state index in [1.54, 1.807) is 0 Å². The lowest BCUT2D eigenvalue weighted by Gasteiger charge is -2.12. The van der Waals surface area contributed by atoms with Gasteiger partial charge in [0, 0.05) is 16.7 Å². The van der Waals surface area contributed by atoms with Gasteiger partial charge in [0.1, 0.15) is 0 Å². The van der Waals surface area contributed by atoms with Crippen molar-refractivity contribution in [2.45, 2.75) is 72.8 Å².